The first-order valence-electron chi connectivity index (χ1n) is 4.36. The smallest absolute Gasteiger partial charge is 0.142 e. The van der Waals surface area contributed by atoms with Crippen LogP contribution < -0.4 is 4.90 Å². The molecule has 0 atom stereocenters. The number of hydrogen-bond donors (Lipinski definition) is 0. The largest absolute Gasteiger partial charge is 0.360 e. The summed E-state index contributed by atoms with van der Waals surface area (Å²) in [5.74, 6) is 0.862. The van der Waals surface area contributed by atoms with Crippen molar-refractivity contribution in [3.63, 3.8) is 0 Å². The van der Waals surface area contributed by atoms with Crippen LogP contribution >= 0.6 is 0 Å². The van der Waals surface area contributed by atoms with E-state index in [9.17, 15) is 0 Å². The Bertz CT molecular complexity index is 314. The second-order valence-electron chi connectivity index (χ2n) is 2.91. The number of nitrogens with zero attached hydrogens (tertiary/aromatic N) is 3. The summed E-state index contributed by atoms with van der Waals surface area (Å²) >= 11 is 0. The summed E-state index contributed by atoms with van der Waals surface area (Å²) in [6.45, 7) is 3.08. The molecule has 0 aromatic carbocycles. The monoisotopic (exact) mass is 175 g/mol. The minimum absolute atomic E-state index is 0.473. The zero-order chi connectivity index (χ0) is 9.68. The van der Waals surface area contributed by atoms with Gasteiger partial charge in [0.1, 0.15) is 17.6 Å². The van der Waals surface area contributed by atoms with Gasteiger partial charge in [-0.3, -0.25) is 0 Å². The second kappa shape index (κ2) is 4.46. The highest BCUT2D eigenvalue weighted by Crippen LogP contribution is 2.08. The number of rotatable bonds is 3. The van der Waals surface area contributed by atoms with Crippen LogP contribution in [-0.2, 0) is 0 Å². The van der Waals surface area contributed by atoms with Gasteiger partial charge in [-0.2, -0.15) is 5.26 Å². The number of anilines is 1. The zero-order valence-electron chi connectivity index (χ0n) is 7.99. The fourth-order valence-electron chi connectivity index (χ4n) is 1.15. The normalized spacial score (nSPS) is 9.31. The zero-order valence-corrected chi connectivity index (χ0v) is 7.99. The van der Waals surface area contributed by atoms with Crippen molar-refractivity contribution in [2.45, 2.75) is 13.3 Å². The van der Waals surface area contributed by atoms with Gasteiger partial charge in [-0.05, 0) is 18.6 Å². The van der Waals surface area contributed by atoms with E-state index >= 15 is 0 Å². The molecule has 0 saturated carbocycles. The lowest BCUT2D eigenvalue weighted by molar-refractivity contribution is 0.837. The molecule has 3 nitrogen and oxygen atoms in total. The van der Waals surface area contributed by atoms with Crippen LogP contribution in [0.15, 0.2) is 18.2 Å². The number of aromatic nitrogens is 1. The SMILES string of the molecule is CCCN(C)c1cccc(C#N)n1. The minimum atomic E-state index is 0.473. The Labute approximate surface area is 78.6 Å². The van der Waals surface area contributed by atoms with E-state index in [1.54, 1.807) is 6.07 Å². The van der Waals surface area contributed by atoms with Crippen LogP contribution in [0.5, 0.6) is 0 Å². The van der Waals surface area contributed by atoms with Crippen molar-refractivity contribution < 1.29 is 0 Å². The van der Waals surface area contributed by atoms with Crippen LogP contribution in [0.4, 0.5) is 5.82 Å². The third kappa shape index (κ3) is 2.45. The first-order chi connectivity index (χ1) is 6.27. The topological polar surface area (TPSA) is 39.9 Å². The fraction of sp³-hybridized carbons (Fsp3) is 0.400. The van der Waals surface area contributed by atoms with Gasteiger partial charge in [0.15, 0.2) is 0 Å². The molecule has 0 spiro atoms. The molecule has 13 heavy (non-hydrogen) atoms. The summed E-state index contributed by atoms with van der Waals surface area (Å²) in [4.78, 5) is 6.22. The average Bonchev–Trinajstić information content (AvgIpc) is 2.18. The lowest BCUT2D eigenvalue weighted by Gasteiger charge is -2.16. The van der Waals surface area contributed by atoms with Crippen molar-refractivity contribution in [2.75, 3.05) is 18.5 Å². The molecule has 0 bridgehead atoms. The lowest BCUT2D eigenvalue weighted by atomic mass is 10.3. The number of pyridine rings is 1. The van der Waals surface area contributed by atoms with Crippen molar-refractivity contribution in [1.29, 1.82) is 5.26 Å². The van der Waals surface area contributed by atoms with Gasteiger partial charge in [0.05, 0.1) is 0 Å². The Balaban J connectivity index is 2.83. The summed E-state index contributed by atoms with van der Waals surface area (Å²) < 4.78 is 0. The van der Waals surface area contributed by atoms with Crippen LogP contribution in [-0.4, -0.2) is 18.6 Å². The molecule has 1 rings (SSSR count). The summed E-state index contributed by atoms with van der Waals surface area (Å²) in [6, 6.07) is 7.51. The van der Waals surface area contributed by atoms with Crippen LogP contribution in [0.3, 0.4) is 0 Å². The van der Waals surface area contributed by atoms with Crippen molar-refractivity contribution in [1.82, 2.24) is 4.98 Å². The predicted octanol–water partition coefficient (Wildman–Crippen LogP) is 1.80. The molecule has 3 heteroatoms. The first-order valence-corrected chi connectivity index (χ1v) is 4.36. The fourth-order valence-corrected chi connectivity index (χ4v) is 1.15. The van der Waals surface area contributed by atoms with Gasteiger partial charge in [0, 0.05) is 13.6 Å². The molecule has 0 unspecified atom stereocenters. The van der Waals surface area contributed by atoms with Crippen LogP contribution in [0.1, 0.15) is 19.0 Å². The van der Waals surface area contributed by atoms with E-state index in [0.29, 0.717) is 5.69 Å². The van der Waals surface area contributed by atoms with Crippen molar-refractivity contribution in [3.05, 3.63) is 23.9 Å². The molecule has 0 fully saturated rings. The van der Waals surface area contributed by atoms with E-state index in [1.165, 1.54) is 0 Å². The third-order valence-electron chi connectivity index (χ3n) is 1.80. The van der Waals surface area contributed by atoms with Crippen LogP contribution in [0, 0.1) is 11.3 Å². The maximum atomic E-state index is 8.64. The molecular weight excluding hydrogens is 162 g/mol. The van der Waals surface area contributed by atoms with E-state index in [1.807, 2.05) is 30.1 Å². The first kappa shape index (κ1) is 9.53. The molecule has 68 valence electrons. The minimum Gasteiger partial charge on any atom is -0.360 e. The van der Waals surface area contributed by atoms with E-state index in [-0.39, 0.29) is 0 Å². The molecule has 0 N–H and O–H groups in total. The molecule has 0 aliphatic heterocycles. The molecule has 1 aromatic heterocycles. The van der Waals surface area contributed by atoms with Crippen LogP contribution in [0.25, 0.3) is 0 Å². The Hall–Kier alpha value is -1.56. The molecular formula is C10H13N3. The Morgan fingerprint density at radius 1 is 1.54 bits per heavy atom. The van der Waals surface area contributed by atoms with Gasteiger partial charge >= 0.3 is 0 Å². The van der Waals surface area contributed by atoms with Crippen molar-refractivity contribution >= 4 is 5.82 Å². The molecule has 0 radical (unpaired) electrons. The maximum Gasteiger partial charge on any atom is 0.142 e. The highest BCUT2D eigenvalue weighted by Gasteiger charge is 2.00. The number of nitriles is 1. The number of hydrogen-bond acceptors (Lipinski definition) is 3. The summed E-state index contributed by atoms with van der Waals surface area (Å²) in [5, 5.41) is 8.64. The van der Waals surface area contributed by atoms with Gasteiger partial charge in [-0.15, -0.1) is 0 Å². The highest BCUT2D eigenvalue weighted by atomic mass is 15.2. The average molecular weight is 175 g/mol. The Morgan fingerprint density at radius 3 is 2.92 bits per heavy atom. The predicted molar refractivity (Wildman–Crippen MR) is 52.5 cm³/mol. The van der Waals surface area contributed by atoms with Gasteiger partial charge in [-0.25, -0.2) is 4.98 Å². The molecule has 1 heterocycles. The van der Waals surface area contributed by atoms with Crippen molar-refractivity contribution in [2.24, 2.45) is 0 Å². The highest BCUT2D eigenvalue weighted by molar-refractivity contribution is 5.40. The van der Waals surface area contributed by atoms with Gasteiger partial charge in [0.2, 0.25) is 0 Å². The summed E-state index contributed by atoms with van der Waals surface area (Å²) in [6.07, 6.45) is 1.08. The van der Waals surface area contributed by atoms with Gasteiger partial charge in [-0.1, -0.05) is 13.0 Å². The quantitative estimate of drug-likeness (QED) is 0.703. The molecule has 1 aromatic rings. The Morgan fingerprint density at radius 2 is 2.31 bits per heavy atom. The lowest BCUT2D eigenvalue weighted by Crippen LogP contribution is -2.19. The van der Waals surface area contributed by atoms with Gasteiger partial charge < -0.3 is 4.90 Å². The summed E-state index contributed by atoms with van der Waals surface area (Å²) in [5.41, 5.74) is 0.473. The molecule has 0 saturated heterocycles. The van der Waals surface area contributed by atoms with E-state index < -0.39 is 0 Å². The third-order valence-corrected chi connectivity index (χ3v) is 1.80. The molecule has 0 amide bonds. The van der Waals surface area contributed by atoms with Crippen molar-refractivity contribution in [3.8, 4) is 6.07 Å². The van der Waals surface area contributed by atoms with Gasteiger partial charge in [0.25, 0.3) is 0 Å². The summed E-state index contributed by atoms with van der Waals surface area (Å²) in [7, 11) is 1.98. The Kier molecular flexibility index (Phi) is 3.27. The van der Waals surface area contributed by atoms with E-state index in [4.69, 9.17) is 5.26 Å². The van der Waals surface area contributed by atoms with E-state index in [0.717, 1.165) is 18.8 Å². The second-order valence-corrected chi connectivity index (χ2v) is 2.91. The maximum absolute atomic E-state index is 8.64. The standard InChI is InChI=1S/C10H13N3/c1-3-7-13(2)10-6-4-5-9(8-11)12-10/h4-6H,3,7H2,1-2H3. The van der Waals surface area contributed by atoms with Crippen LogP contribution in [0.2, 0.25) is 0 Å². The molecule has 0 aliphatic carbocycles. The van der Waals surface area contributed by atoms with E-state index in [2.05, 4.69) is 11.9 Å². The molecule has 0 aliphatic rings.